The van der Waals surface area contributed by atoms with E-state index in [1.807, 2.05) is 0 Å². The van der Waals surface area contributed by atoms with Crippen molar-refractivity contribution < 1.29 is 31.8 Å². The molecule has 4 rings (SSSR count). The lowest BCUT2D eigenvalue weighted by Gasteiger charge is -2.12. The van der Waals surface area contributed by atoms with E-state index in [4.69, 9.17) is 30.1 Å². The highest BCUT2D eigenvalue weighted by Crippen LogP contribution is 2.41. The number of anilines is 2. The molecule has 4 N–H and O–H groups in total. The van der Waals surface area contributed by atoms with E-state index in [0.29, 0.717) is 34.8 Å². The van der Waals surface area contributed by atoms with Gasteiger partial charge < -0.3 is 30.1 Å². The zero-order chi connectivity index (χ0) is 24.5. The van der Waals surface area contributed by atoms with E-state index >= 15 is 0 Å². The SMILES string of the molecule is COc1cc(Cc2cnc(N)nc2N)c2cc(COc3ccc(C(F)(F)F)cc3)oc2c1OC. The molecule has 2 aromatic heterocycles. The fourth-order valence-electron chi connectivity index (χ4n) is 3.50. The van der Waals surface area contributed by atoms with Crippen LogP contribution >= 0.6 is 0 Å². The minimum Gasteiger partial charge on any atom is -0.493 e. The molecule has 0 spiro atoms. The van der Waals surface area contributed by atoms with Crippen LogP contribution in [0.1, 0.15) is 22.5 Å². The largest absolute Gasteiger partial charge is 0.493 e. The molecule has 0 aliphatic rings. The highest BCUT2D eigenvalue weighted by atomic mass is 19.4. The van der Waals surface area contributed by atoms with E-state index in [-0.39, 0.29) is 24.1 Å². The first-order chi connectivity index (χ1) is 16.2. The van der Waals surface area contributed by atoms with Crippen molar-refractivity contribution in [1.29, 1.82) is 0 Å². The minimum absolute atomic E-state index is 0.0158. The molecule has 0 bridgehead atoms. The quantitative estimate of drug-likeness (QED) is 0.399. The summed E-state index contributed by atoms with van der Waals surface area (Å²) in [6, 6.07) is 7.99. The molecule has 0 amide bonds. The smallest absolute Gasteiger partial charge is 0.416 e. The number of hydrogen-bond acceptors (Lipinski definition) is 8. The van der Waals surface area contributed by atoms with E-state index in [0.717, 1.165) is 23.1 Å². The average molecular weight is 474 g/mol. The fourth-order valence-corrected chi connectivity index (χ4v) is 3.50. The summed E-state index contributed by atoms with van der Waals surface area (Å²) in [6.07, 6.45) is -2.50. The number of nitrogen functional groups attached to an aromatic ring is 2. The summed E-state index contributed by atoms with van der Waals surface area (Å²) in [6.45, 7) is -0.0158. The van der Waals surface area contributed by atoms with Gasteiger partial charge in [-0.1, -0.05) is 0 Å². The first-order valence-electron chi connectivity index (χ1n) is 10.0. The number of nitrogens with two attached hydrogens (primary N) is 2. The van der Waals surface area contributed by atoms with Crippen LogP contribution < -0.4 is 25.7 Å². The number of fused-ring (bicyclic) bond motifs is 1. The Morgan fingerprint density at radius 2 is 1.74 bits per heavy atom. The molecule has 0 aliphatic carbocycles. The number of ether oxygens (including phenoxy) is 3. The van der Waals surface area contributed by atoms with Gasteiger partial charge in [0, 0.05) is 23.6 Å². The van der Waals surface area contributed by atoms with Gasteiger partial charge in [-0.3, -0.25) is 0 Å². The Morgan fingerprint density at radius 3 is 2.35 bits per heavy atom. The molecular formula is C23H21F3N4O4. The predicted molar refractivity (Wildman–Crippen MR) is 119 cm³/mol. The van der Waals surface area contributed by atoms with Crippen molar-refractivity contribution in [3.05, 3.63) is 65.0 Å². The van der Waals surface area contributed by atoms with Crippen LogP contribution in [0, 0.1) is 0 Å². The molecule has 34 heavy (non-hydrogen) atoms. The van der Waals surface area contributed by atoms with E-state index in [1.54, 1.807) is 18.3 Å². The van der Waals surface area contributed by atoms with Gasteiger partial charge in [0.05, 0.1) is 19.8 Å². The van der Waals surface area contributed by atoms with E-state index in [2.05, 4.69) is 9.97 Å². The number of hydrogen-bond donors (Lipinski definition) is 2. The van der Waals surface area contributed by atoms with Crippen molar-refractivity contribution in [2.45, 2.75) is 19.2 Å². The van der Waals surface area contributed by atoms with E-state index in [9.17, 15) is 13.2 Å². The molecule has 0 aliphatic heterocycles. The Hall–Kier alpha value is -4.15. The van der Waals surface area contributed by atoms with Gasteiger partial charge >= 0.3 is 6.18 Å². The molecule has 0 saturated heterocycles. The summed E-state index contributed by atoms with van der Waals surface area (Å²) in [4.78, 5) is 7.99. The highest BCUT2D eigenvalue weighted by molar-refractivity contribution is 5.90. The third kappa shape index (κ3) is 4.63. The first-order valence-corrected chi connectivity index (χ1v) is 10.0. The molecule has 4 aromatic rings. The number of nitrogens with zero attached hydrogens (tertiary/aromatic N) is 2. The Labute approximate surface area is 192 Å². The average Bonchev–Trinajstić information content (AvgIpc) is 3.23. The number of halogens is 3. The van der Waals surface area contributed by atoms with Gasteiger partial charge in [-0.15, -0.1) is 0 Å². The number of alkyl halides is 3. The van der Waals surface area contributed by atoms with Crippen molar-refractivity contribution in [1.82, 2.24) is 9.97 Å². The first kappa shape index (κ1) is 23.0. The molecule has 11 heteroatoms. The number of benzene rings is 2. The van der Waals surface area contributed by atoms with Crippen LogP contribution in [0.4, 0.5) is 24.9 Å². The van der Waals surface area contributed by atoms with Crippen LogP contribution in [0.3, 0.4) is 0 Å². The van der Waals surface area contributed by atoms with Crippen LogP contribution in [-0.4, -0.2) is 24.2 Å². The Balaban J connectivity index is 1.66. The normalized spacial score (nSPS) is 11.6. The maximum atomic E-state index is 12.8. The standard InChI is InChI=1S/C23H21F3N4O4/c1-31-18-8-12(7-13-10-29-22(28)30-21(13)27)17-9-16(34-19(17)20(18)32-2)11-33-15-5-3-14(4-6-15)23(24,25)26/h3-6,8-10H,7,11H2,1-2H3,(H4,27,28,29,30). The van der Waals surface area contributed by atoms with Crippen molar-refractivity contribution in [2.24, 2.45) is 0 Å². The van der Waals surface area contributed by atoms with E-state index < -0.39 is 11.7 Å². The summed E-state index contributed by atoms with van der Waals surface area (Å²) in [5.74, 6) is 1.87. The Morgan fingerprint density at radius 1 is 1.00 bits per heavy atom. The van der Waals surface area contributed by atoms with Gasteiger partial charge in [-0.05, 0) is 42.0 Å². The van der Waals surface area contributed by atoms with Crippen molar-refractivity contribution in [3.8, 4) is 17.2 Å². The Bertz CT molecular complexity index is 1320. The van der Waals surface area contributed by atoms with Crippen LogP contribution in [0.15, 0.2) is 47.0 Å². The fraction of sp³-hybridized carbons (Fsp3) is 0.217. The number of aromatic nitrogens is 2. The molecule has 2 aromatic carbocycles. The third-order valence-corrected chi connectivity index (χ3v) is 5.15. The lowest BCUT2D eigenvalue weighted by atomic mass is 10.0. The van der Waals surface area contributed by atoms with Gasteiger partial charge in [0.15, 0.2) is 11.3 Å². The van der Waals surface area contributed by atoms with Crippen LogP contribution in [0.25, 0.3) is 11.0 Å². The molecule has 2 heterocycles. The Kier molecular flexibility index (Phi) is 6.10. The van der Waals surface area contributed by atoms with Gasteiger partial charge in [0.2, 0.25) is 11.7 Å². The van der Waals surface area contributed by atoms with Crippen molar-refractivity contribution in [2.75, 3.05) is 25.7 Å². The summed E-state index contributed by atoms with van der Waals surface area (Å²) in [7, 11) is 3.00. The molecular weight excluding hydrogens is 453 g/mol. The lowest BCUT2D eigenvalue weighted by Crippen LogP contribution is -2.04. The maximum absolute atomic E-state index is 12.8. The second-order valence-electron chi connectivity index (χ2n) is 7.35. The van der Waals surface area contributed by atoms with Crippen molar-refractivity contribution in [3.63, 3.8) is 0 Å². The topological polar surface area (TPSA) is 119 Å². The summed E-state index contributed by atoms with van der Waals surface area (Å²) < 4.78 is 60.8. The molecule has 0 fully saturated rings. The molecule has 0 atom stereocenters. The van der Waals surface area contributed by atoms with Crippen LogP contribution in [-0.2, 0) is 19.2 Å². The molecule has 0 saturated carbocycles. The monoisotopic (exact) mass is 474 g/mol. The van der Waals surface area contributed by atoms with E-state index in [1.165, 1.54) is 26.4 Å². The third-order valence-electron chi connectivity index (χ3n) is 5.15. The zero-order valence-electron chi connectivity index (χ0n) is 18.3. The van der Waals surface area contributed by atoms with Crippen LogP contribution in [0.2, 0.25) is 0 Å². The minimum atomic E-state index is -4.41. The zero-order valence-corrected chi connectivity index (χ0v) is 18.3. The van der Waals surface area contributed by atoms with Gasteiger partial charge in [-0.25, -0.2) is 4.98 Å². The lowest BCUT2D eigenvalue weighted by molar-refractivity contribution is -0.137. The number of methoxy groups -OCH3 is 2. The summed E-state index contributed by atoms with van der Waals surface area (Å²) in [5.41, 5.74) is 12.7. The van der Waals surface area contributed by atoms with Crippen LogP contribution in [0.5, 0.6) is 17.2 Å². The number of furan rings is 1. The van der Waals surface area contributed by atoms with Crippen molar-refractivity contribution >= 4 is 22.7 Å². The summed E-state index contributed by atoms with van der Waals surface area (Å²) in [5, 5.41) is 0.722. The molecule has 0 radical (unpaired) electrons. The maximum Gasteiger partial charge on any atom is 0.416 e. The summed E-state index contributed by atoms with van der Waals surface area (Å²) >= 11 is 0. The van der Waals surface area contributed by atoms with Gasteiger partial charge in [0.25, 0.3) is 0 Å². The van der Waals surface area contributed by atoms with Gasteiger partial charge in [0.1, 0.15) is 23.9 Å². The highest BCUT2D eigenvalue weighted by Gasteiger charge is 2.30. The second-order valence-corrected chi connectivity index (χ2v) is 7.35. The second kappa shape index (κ2) is 9.00. The molecule has 178 valence electrons. The molecule has 0 unspecified atom stereocenters. The van der Waals surface area contributed by atoms with Gasteiger partial charge in [-0.2, -0.15) is 18.2 Å². The number of rotatable bonds is 7. The molecule has 8 nitrogen and oxygen atoms in total. The predicted octanol–water partition coefficient (Wildman–Crippen LogP) is 4.59.